The van der Waals surface area contributed by atoms with Gasteiger partial charge in [0, 0.05) is 0 Å². The van der Waals surface area contributed by atoms with Gasteiger partial charge < -0.3 is 9.47 Å². The first kappa shape index (κ1) is 12.0. The van der Waals surface area contributed by atoms with Crippen molar-refractivity contribution in [2.24, 2.45) is 5.84 Å². The first-order chi connectivity index (χ1) is 7.50. The lowest BCUT2D eigenvalue weighted by atomic mass is 10.2. The van der Waals surface area contributed by atoms with Gasteiger partial charge in [0.25, 0.3) is 0 Å². The van der Waals surface area contributed by atoms with E-state index in [-0.39, 0.29) is 18.0 Å². The van der Waals surface area contributed by atoms with E-state index >= 15 is 0 Å². The third-order valence-corrected chi connectivity index (χ3v) is 1.60. The van der Waals surface area contributed by atoms with Gasteiger partial charge in [-0.3, -0.25) is 5.43 Å². The summed E-state index contributed by atoms with van der Waals surface area (Å²) in [6.07, 6.45) is 5.28. The van der Waals surface area contributed by atoms with E-state index in [2.05, 4.69) is 26.3 Å². The fraction of sp³-hybridized carbons (Fsp3) is 0.444. The minimum atomic E-state index is -0.821. The summed E-state index contributed by atoms with van der Waals surface area (Å²) >= 11 is 0. The average Bonchev–Trinajstić information content (AvgIpc) is 2.28. The number of aromatic nitrogens is 3. The molecule has 1 rings (SSSR count). The summed E-state index contributed by atoms with van der Waals surface area (Å²) in [5.41, 5.74) is 1.45. The van der Waals surface area contributed by atoms with Crippen LogP contribution in [0, 0.1) is 12.3 Å². The summed E-state index contributed by atoms with van der Waals surface area (Å²) in [6, 6.07) is 0.133. The van der Waals surface area contributed by atoms with Gasteiger partial charge in [0.15, 0.2) is 5.60 Å². The standard InChI is InChI=1S/C9H13N5O2/c1-5-9(2,3)16-8-12-6(14-10)11-7(13-8)15-4/h1H,10H2,2-4H3,(H,11,12,13,14). The summed E-state index contributed by atoms with van der Waals surface area (Å²) in [5.74, 6) is 7.77. The minimum Gasteiger partial charge on any atom is -0.467 e. The Hall–Kier alpha value is -2.07. The Bertz CT molecular complexity index is 391. The van der Waals surface area contributed by atoms with Gasteiger partial charge in [-0.15, -0.1) is 11.4 Å². The van der Waals surface area contributed by atoms with Crippen LogP contribution in [0.5, 0.6) is 12.0 Å². The van der Waals surface area contributed by atoms with E-state index in [1.165, 1.54) is 7.11 Å². The van der Waals surface area contributed by atoms with Gasteiger partial charge in [-0.25, -0.2) is 5.84 Å². The molecule has 0 amide bonds. The maximum atomic E-state index is 5.36. The maximum absolute atomic E-state index is 5.36. The Morgan fingerprint density at radius 1 is 1.31 bits per heavy atom. The molecule has 0 aliphatic rings. The topological polar surface area (TPSA) is 95.2 Å². The van der Waals surface area contributed by atoms with Crippen molar-refractivity contribution < 1.29 is 9.47 Å². The van der Waals surface area contributed by atoms with Crippen LogP contribution in [0.25, 0.3) is 0 Å². The molecule has 1 aromatic heterocycles. The molecule has 1 aromatic rings. The quantitative estimate of drug-likeness (QED) is 0.420. The number of hydrogen-bond donors (Lipinski definition) is 2. The van der Waals surface area contributed by atoms with Crippen molar-refractivity contribution in [1.82, 2.24) is 15.0 Å². The number of anilines is 1. The summed E-state index contributed by atoms with van der Waals surface area (Å²) < 4.78 is 10.2. The molecule has 0 bridgehead atoms. The molecule has 86 valence electrons. The average molecular weight is 223 g/mol. The van der Waals surface area contributed by atoms with Crippen molar-refractivity contribution >= 4 is 5.95 Å². The highest BCUT2D eigenvalue weighted by atomic mass is 16.5. The Balaban J connectivity index is 3.01. The summed E-state index contributed by atoms with van der Waals surface area (Å²) in [7, 11) is 1.42. The molecule has 0 saturated heterocycles. The van der Waals surface area contributed by atoms with Gasteiger partial charge in [0.1, 0.15) is 0 Å². The highest BCUT2D eigenvalue weighted by Crippen LogP contribution is 2.16. The van der Waals surface area contributed by atoms with Crippen LogP contribution in [0.1, 0.15) is 13.8 Å². The summed E-state index contributed by atoms with van der Waals surface area (Å²) in [4.78, 5) is 11.6. The number of ether oxygens (including phenoxy) is 2. The lowest BCUT2D eigenvalue weighted by Crippen LogP contribution is -2.27. The van der Waals surface area contributed by atoms with E-state index in [1.807, 2.05) is 0 Å². The number of nitrogens with zero attached hydrogens (tertiary/aromatic N) is 3. The normalized spacial score (nSPS) is 10.4. The zero-order valence-electron chi connectivity index (χ0n) is 9.31. The molecule has 0 unspecified atom stereocenters. The fourth-order valence-corrected chi connectivity index (χ4v) is 0.797. The number of nitrogens with one attached hydrogen (secondary N) is 1. The molecule has 0 aliphatic heterocycles. The third-order valence-electron chi connectivity index (χ3n) is 1.60. The molecule has 0 saturated carbocycles. The lowest BCUT2D eigenvalue weighted by Gasteiger charge is -2.18. The zero-order chi connectivity index (χ0) is 12.2. The molecule has 0 fully saturated rings. The number of hydrazine groups is 1. The van der Waals surface area contributed by atoms with E-state index in [4.69, 9.17) is 21.7 Å². The second-order valence-corrected chi connectivity index (χ2v) is 3.33. The Morgan fingerprint density at radius 2 is 1.94 bits per heavy atom. The number of nitrogens with two attached hydrogens (primary N) is 1. The van der Waals surface area contributed by atoms with E-state index in [9.17, 15) is 0 Å². The molecular weight excluding hydrogens is 210 g/mol. The first-order valence-corrected chi connectivity index (χ1v) is 4.44. The highest BCUT2D eigenvalue weighted by Gasteiger charge is 2.19. The minimum absolute atomic E-state index is 0.0442. The fourth-order valence-electron chi connectivity index (χ4n) is 0.797. The van der Waals surface area contributed by atoms with E-state index in [0.29, 0.717) is 0 Å². The number of terminal acetylenes is 1. The molecule has 16 heavy (non-hydrogen) atoms. The van der Waals surface area contributed by atoms with Gasteiger partial charge in [0.05, 0.1) is 7.11 Å². The van der Waals surface area contributed by atoms with Crippen molar-refractivity contribution in [3.05, 3.63) is 0 Å². The van der Waals surface area contributed by atoms with Crippen molar-refractivity contribution in [1.29, 1.82) is 0 Å². The highest BCUT2D eigenvalue weighted by molar-refractivity contribution is 5.26. The van der Waals surface area contributed by atoms with Gasteiger partial charge in [0.2, 0.25) is 5.95 Å². The number of hydrogen-bond acceptors (Lipinski definition) is 7. The third kappa shape index (κ3) is 2.96. The van der Waals surface area contributed by atoms with E-state index < -0.39 is 5.60 Å². The predicted molar refractivity (Wildman–Crippen MR) is 57.7 cm³/mol. The van der Waals surface area contributed by atoms with Crippen LogP contribution >= 0.6 is 0 Å². The molecular formula is C9H13N5O2. The molecule has 0 aromatic carbocycles. The maximum Gasteiger partial charge on any atom is 0.325 e. The van der Waals surface area contributed by atoms with Crippen LogP contribution in [0.4, 0.5) is 5.95 Å². The Morgan fingerprint density at radius 3 is 2.44 bits per heavy atom. The molecule has 3 N–H and O–H groups in total. The van der Waals surface area contributed by atoms with Crippen LogP contribution in [0.15, 0.2) is 0 Å². The first-order valence-electron chi connectivity index (χ1n) is 4.44. The van der Waals surface area contributed by atoms with Gasteiger partial charge in [-0.1, -0.05) is 5.92 Å². The smallest absolute Gasteiger partial charge is 0.325 e. The molecule has 1 heterocycles. The second kappa shape index (κ2) is 4.63. The molecule has 0 aliphatic carbocycles. The van der Waals surface area contributed by atoms with E-state index in [0.717, 1.165) is 0 Å². The molecule has 0 spiro atoms. The van der Waals surface area contributed by atoms with Crippen molar-refractivity contribution in [2.45, 2.75) is 19.4 Å². The monoisotopic (exact) mass is 223 g/mol. The second-order valence-electron chi connectivity index (χ2n) is 3.33. The number of methoxy groups -OCH3 is 1. The van der Waals surface area contributed by atoms with E-state index in [1.54, 1.807) is 13.8 Å². The predicted octanol–water partition coefficient (Wildman–Crippen LogP) is -0.0436. The van der Waals surface area contributed by atoms with Crippen LogP contribution in [-0.4, -0.2) is 27.7 Å². The van der Waals surface area contributed by atoms with Crippen LogP contribution in [0.3, 0.4) is 0 Å². The van der Waals surface area contributed by atoms with Crippen LogP contribution < -0.4 is 20.7 Å². The SMILES string of the molecule is C#CC(C)(C)Oc1nc(NN)nc(OC)n1. The molecule has 7 nitrogen and oxygen atoms in total. The molecule has 7 heteroatoms. The molecule has 0 atom stereocenters. The Labute approximate surface area is 93.4 Å². The van der Waals surface area contributed by atoms with Crippen LogP contribution in [-0.2, 0) is 0 Å². The zero-order valence-corrected chi connectivity index (χ0v) is 9.31. The summed E-state index contributed by atoms with van der Waals surface area (Å²) in [6.45, 7) is 3.41. The van der Waals surface area contributed by atoms with Crippen molar-refractivity contribution in [3.63, 3.8) is 0 Å². The molecule has 0 radical (unpaired) electrons. The van der Waals surface area contributed by atoms with Gasteiger partial charge in [-0.05, 0) is 13.8 Å². The van der Waals surface area contributed by atoms with Gasteiger partial charge >= 0.3 is 12.0 Å². The van der Waals surface area contributed by atoms with Crippen molar-refractivity contribution in [3.8, 4) is 24.4 Å². The summed E-state index contributed by atoms with van der Waals surface area (Å²) in [5, 5.41) is 0. The van der Waals surface area contributed by atoms with Crippen molar-refractivity contribution in [2.75, 3.05) is 12.5 Å². The van der Waals surface area contributed by atoms with Gasteiger partial charge in [-0.2, -0.15) is 9.97 Å². The number of nitrogen functional groups attached to an aromatic ring is 1. The lowest BCUT2D eigenvalue weighted by molar-refractivity contribution is 0.154. The Kier molecular flexibility index (Phi) is 3.48. The largest absolute Gasteiger partial charge is 0.467 e. The number of rotatable bonds is 4. The van der Waals surface area contributed by atoms with Crippen LogP contribution in [0.2, 0.25) is 0 Å².